The maximum absolute atomic E-state index is 5.14. The van der Waals surface area contributed by atoms with Gasteiger partial charge in [-0.25, -0.2) is 0 Å². The van der Waals surface area contributed by atoms with Crippen LogP contribution in [0.25, 0.3) is 6.08 Å². The van der Waals surface area contributed by atoms with E-state index in [9.17, 15) is 0 Å². The zero-order valence-corrected chi connectivity index (χ0v) is 9.61. The van der Waals surface area contributed by atoms with Gasteiger partial charge >= 0.3 is 0 Å². The molecule has 0 aliphatic heterocycles. The zero-order chi connectivity index (χ0) is 11.1. The summed E-state index contributed by atoms with van der Waals surface area (Å²) in [4.78, 5) is 0. The summed E-state index contributed by atoms with van der Waals surface area (Å²) in [7, 11) is 0. The Morgan fingerprint density at radius 1 is 1.27 bits per heavy atom. The Balaban J connectivity index is 2.69. The lowest BCUT2D eigenvalue weighted by atomic mass is 10.2. The summed E-state index contributed by atoms with van der Waals surface area (Å²) in [5, 5.41) is 6.20. The normalized spacial score (nSPS) is 11.7. The summed E-state index contributed by atoms with van der Waals surface area (Å²) in [5.41, 5.74) is 11.4. The Labute approximate surface area is 96.5 Å². The number of benzene rings is 1. The Hall–Kier alpha value is -1.62. The van der Waals surface area contributed by atoms with E-state index in [1.54, 1.807) is 6.21 Å². The third-order valence-electron chi connectivity index (χ3n) is 1.50. The van der Waals surface area contributed by atoms with Crippen molar-refractivity contribution in [3.8, 4) is 0 Å². The van der Waals surface area contributed by atoms with Gasteiger partial charge in [-0.2, -0.15) is 0 Å². The molecule has 0 saturated carbocycles. The monoisotopic (exact) mass is 267 g/mol. The van der Waals surface area contributed by atoms with Crippen LogP contribution in [0.15, 0.2) is 39.9 Å². The molecule has 1 rings (SSSR count). The van der Waals surface area contributed by atoms with Crippen molar-refractivity contribution in [2.45, 2.75) is 0 Å². The number of hydrogen-bond acceptors (Lipinski definition) is 1. The first-order valence-electron chi connectivity index (χ1n) is 4.28. The maximum atomic E-state index is 5.14. The quantitative estimate of drug-likeness (QED) is 0.402. The van der Waals surface area contributed by atoms with Crippen molar-refractivity contribution in [2.75, 3.05) is 0 Å². The van der Waals surface area contributed by atoms with Gasteiger partial charge in [-0.05, 0) is 27.6 Å². The molecule has 1 aromatic rings. The molecule has 0 aliphatic rings. The summed E-state index contributed by atoms with van der Waals surface area (Å²) in [6, 6.07) is 9.89. The number of nitrogens with one attached hydrogen (secondary N) is 1. The van der Waals surface area contributed by atoms with Crippen LogP contribution in [0.2, 0.25) is 0 Å². The predicted octanol–water partition coefficient (Wildman–Crippen LogP) is -0.238. The fourth-order valence-corrected chi connectivity index (χ4v) is 1.29. The first-order valence-corrected chi connectivity index (χ1v) is 5.07. The van der Waals surface area contributed by atoms with Crippen molar-refractivity contribution in [1.29, 1.82) is 0 Å². The molecule has 4 nitrogen and oxygen atoms in total. The van der Waals surface area contributed by atoms with Crippen LogP contribution in [0.1, 0.15) is 5.56 Å². The third-order valence-corrected chi connectivity index (χ3v) is 1.96. The summed E-state index contributed by atoms with van der Waals surface area (Å²) >= 11 is 3.36. The minimum Gasteiger partial charge on any atom is -0.365 e. The van der Waals surface area contributed by atoms with E-state index >= 15 is 0 Å². The largest absolute Gasteiger partial charge is 0.365 e. The molecule has 78 valence electrons. The summed E-state index contributed by atoms with van der Waals surface area (Å²) in [6.07, 6.45) is 3.59. The standard InChI is InChI=1S/C10H11BrN4/c11-9(7-14-15-10(12)13)6-8-4-2-1-3-5-8/h1-7H,(H4,12,13,15)/p+1/b9-6+,14-7+. The summed E-state index contributed by atoms with van der Waals surface area (Å²) < 4.78 is 0.846. The van der Waals surface area contributed by atoms with Crippen molar-refractivity contribution >= 4 is 34.2 Å². The molecule has 5 heteroatoms. The lowest BCUT2D eigenvalue weighted by Crippen LogP contribution is -2.63. The number of halogens is 1. The molecule has 0 bridgehead atoms. The molecule has 0 unspecified atom stereocenters. The fraction of sp³-hybridized carbons (Fsp3) is 0. The molecule has 0 heterocycles. The van der Waals surface area contributed by atoms with E-state index in [0.29, 0.717) is 0 Å². The minimum atomic E-state index is -0.00809. The van der Waals surface area contributed by atoms with Crippen molar-refractivity contribution < 1.29 is 5.10 Å². The van der Waals surface area contributed by atoms with Crippen LogP contribution >= 0.6 is 15.9 Å². The first-order chi connectivity index (χ1) is 7.18. The van der Waals surface area contributed by atoms with Gasteiger partial charge in [0.25, 0.3) is 5.96 Å². The molecule has 0 amide bonds. The number of nitrogens with zero attached hydrogens (tertiary/aromatic N) is 1. The molecule has 5 N–H and O–H groups in total. The fourth-order valence-electron chi connectivity index (χ4n) is 0.919. The predicted molar refractivity (Wildman–Crippen MR) is 66.2 cm³/mol. The first kappa shape index (κ1) is 11.5. The van der Waals surface area contributed by atoms with E-state index in [0.717, 1.165) is 10.0 Å². The van der Waals surface area contributed by atoms with Crippen LogP contribution < -0.4 is 16.6 Å². The van der Waals surface area contributed by atoms with Crippen LogP contribution in [0.3, 0.4) is 0 Å². The second kappa shape index (κ2) is 5.98. The van der Waals surface area contributed by atoms with Crippen molar-refractivity contribution in [3.05, 3.63) is 40.4 Å². The van der Waals surface area contributed by atoms with E-state index in [1.807, 2.05) is 36.4 Å². The van der Waals surface area contributed by atoms with Gasteiger partial charge in [-0.3, -0.25) is 0 Å². The number of hydrogen-bond donors (Lipinski definition) is 3. The molecular formula is C10H12BrN4+. The second-order valence-electron chi connectivity index (χ2n) is 2.75. The van der Waals surface area contributed by atoms with Crippen molar-refractivity contribution in [2.24, 2.45) is 16.6 Å². The average molecular weight is 268 g/mol. The SMILES string of the molecule is NC(N)=N/[NH+]=C/C(Br)=C\c1ccccc1. The number of guanidine groups is 1. The summed E-state index contributed by atoms with van der Waals surface area (Å²) in [6.45, 7) is 0. The summed E-state index contributed by atoms with van der Waals surface area (Å²) in [5.74, 6) is -0.00809. The van der Waals surface area contributed by atoms with E-state index in [1.165, 1.54) is 0 Å². The Kier molecular flexibility index (Phi) is 4.56. The third kappa shape index (κ3) is 4.97. The Morgan fingerprint density at radius 3 is 2.53 bits per heavy atom. The molecule has 0 fully saturated rings. The molecule has 0 atom stereocenters. The lowest BCUT2D eigenvalue weighted by Gasteiger charge is -1.89. The minimum absolute atomic E-state index is 0.00809. The number of nitrogens with two attached hydrogens (primary N) is 2. The molecule has 0 saturated heterocycles. The average Bonchev–Trinajstić information content (AvgIpc) is 2.18. The molecule has 0 aromatic heterocycles. The van der Waals surface area contributed by atoms with Gasteiger partial charge < -0.3 is 11.5 Å². The second-order valence-corrected chi connectivity index (χ2v) is 3.67. The molecule has 1 aromatic carbocycles. The lowest BCUT2D eigenvalue weighted by molar-refractivity contribution is -0.456. The van der Waals surface area contributed by atoms with Gasteiger partial charge in [0.1, 0.15) is 0 Å². The number of rotatable bonds is 3. The van der Waals surface area contributed by atoms with Crippen molar-refractivity contribution in [1.82, 2.24) is 0 Å². The van der Waals surface area contributed by atoms with Gasteiger partial charge in [0.05, 0.1) is 4.48 Å². The molecular weight excluding hydrogens is 256 g/mol. The van der Waals surface area contributed by atoms with Gasteiger partial charge in [-0.15, -0.1) is 5.10 Å². The van der Waals surface area contributed by atoms with E-state index in [4.69, 9.17) is 11.5 Å². The highest BCUT2D eigenvalue weighted by Crippen LogP contribution is 2.08. The van der Waals surface area contributed by atoms with Crippen LogP contribution in [0, 0.1) is 0 Å². The highest BCUT2D eigenvalue weighted by atomic mass is 79.9. The van der Waals surface area contributed by atoms with Gasteiger partial charge in [0, 0.05) is 5.10 Å². The molecule has 0 radical (unpaired) electrons. The Bertz CT molecular complexity index is 391. The Morgan fingerprint density at radius 2 is 1.93 bits per heavy atom. The zero-order valence-electron chi connectivity index (χ0n) is 8.02. The molecule has 15 heavy (non-hydrogen) atoms. The number of allylic oxidation sites excluding steroid dienone is 1. The maximum Gasteiger partial charge on any atom is 0.256 e. The van der Waals surface area contributed by atoms with Gasteiger partial charge in [0.15, 0.2) is 0 Å². The van der Waals surface area contributed by atoms with Crippen LogP contribution in [-0.2, 0) is 0 Å². The molecule has 0 spiro atoms. The van der Waals surface area contributed by atoms with Crippen LogP contribution in [-0.4, -0.2) is 12.2 Å². The number of hydrazone groups is 1. The topological polar surface area (TPSA) is 78.4 Å². The van der Waals surface area contributed by atoms with E-state index in [-0.39, 0.29) is 5.96 Å². The smallest absolute Gasteiger partial charge is 0.256 e. The van der Waals surface area contributed by atoms with Crippen molar-refractivity contribution in [3.63, 3.8) is 0 Å². The van der Waals surface area contributed by atoms with Crippen LogP contribution in [0.4, 0.5) is 0 Å². The van der Waals surface area contributed by atoms with E-state index in [2.05, 4.69) is 26.1 Å². The van der Waals surface area contributed by atoms with Crippen LogP contribution in [0.5, 0.6) is 0 Å². The van der Waals surface area contributed by atoms with E-state index < -0.39 is 0 Å². The molecule has 0 aliphatic carbocycles. The highest BCUT2D eigenvalue weighted by molar-refractivity contribution is 9.12. The van der Waals surface area contributed by atoms with Gasteiger partial charge in [-0.1, -0.05) is 30.3 Å². The van der Waals surface area contributed by atoms with Gasteiger partial charge in [0.2, 0.25) is 6.21 Å². The highest BCUT2D eigenvalue weighted by Gasteiger charge is 1.91.